The Labute approximate surface area is 113 Å². The number of aliphatic carboxylic acids is 1. The van der Waals surface area contributed by atoms with Crippen LogP contribution in [0.3, 0.4) is 0 Å². The molecule has 1 saturated carbocycles. The van der Waals surface area contributed by atoms with Crippen LogP contribution < -0.4 is 0 Å². The number of aliphatic hydroxyl groups excluding tert-OH is 1. The molecule has 5 heteroatoms. The molecule has 1 fully saturated rings. The van der Waals surface area contributed by atoms with E-state index in [9.17, 15) is 9.90 Å². The van der Waals surface area contributed by atoms with Crippen molar-refractivity contribution < 1.29 is 15.0 Å². The Bertz CT molecular complexity index is 410. The fraction of sp³-hybridized carbons (Fsp3) is 0.583. The lowest BCUT2D eigenvalue weighted by molar-refractivity contribution is -0.144. The summed E-state index contributed by atoms with van der Waals surface area (Å²) in [5.74, 6) is -1.32. The lowest BCUT2D eigenvalue weighted by atomic mass is 9.90. The summed E-state index contributed by atoms with van der Waals surface area (Å²) < 4.78 is 1.01. The number of halogens is 1. The van der Waals surface area contributed by atoms with E-state index in [1.54, 1.807) is 0 Å². The molecule has 1 aliphatic rings. The van der Waals surface area contributed by atoms with Gasteiger partial charge in [-0.1, -0.05) is 6.42 Å². The third kappa shape index (κ3) is 2.56. The molecule has 2 N–H and O–H groups in total. The number of carboxylic acids is 1. The van der Waals surface area contributed by atoms with Crippen molar-refractivity contribution in [1.82, 2.24) is 0 Å². The van der Waals surface area contributed by atoms with E-state index in [1.165, 1.54) is 11.3 Å². The fourth-order valence-electron chi connectivity index (χ4n) is 2.51. The van der Waals surface area contributed by atoms with Crippen molar-refractivity contribution in [2.75, 3.05) is 0 Å². The van der Waals surface area contributed by atoms with Gasteiger partial charge in [-0.25, -0.2) is 0 Å². The second kappa shape index (κ2) is 5.08. The van der Waals surface area contributed by atoms with Crippen molar-refractivity contribution in [3.63, 3.8) is 0 Å². The summed E-state index contributed by atoms with van der Waals surface area (Å²) in [6, 6.07) is 1.94. The Balaban J connectivity index is 2.19. The molecule has 0 bridgehead atoms. The summed E-state index contributed by atoms with van der Waals surface area (Å²) in [5.41, 5.74) is 1.09. The molecular weight excluding hydrogens is 304 g/mol. The van der Waals surface area contributed by atoms with Crippen LogP contribution in [0.15, 0.2) is 9.85 Å². The van der Waals surface area contributed by atoms with Gasteiger partial charge >= 0.3 is 5.97 Å². The Morgan fingerprint density at radius 2 is 2.29 bits per heavy atom. The summed E-state index contributed by atoms with van der Waals surface area (Å²) in [6.07, 6.45) is 1.73. The first kappa shape index (κ1) is 13.1. The highest BCUT2D eigenvalue weighted by molar-refractivity contribution is 9.11. The molecule has 0 radical (unpaired) electrons. The van der Waals surface area contributed by atoms with Gasteiger partial charge in [0, 0.05) is 10.8 Å². The minimum absolute atomic E-state index is 0.141. The van der Waals surface area contributed by atoms with Crippen LogP contribution in [0, 0.1) is 18.8 Å². The minimum atomic E-state index is -0.779. The van der Waals surface area contributed by atoms with Crippen LogP contribution in [0.25, 0.3) is 0 Å². The van der Waals surface area contributed by atoms with Gasteiger partial charge in [0.25, 0.3) is 0 Å². The molecule has 17 heavy (non-hydrogen) atoms. The maximum atomic E-state index is 11.1. The molecular formula is C12H15BrO3S. The first-order valence-electron chi connectivity index (χ1n) is 5.67. The van der Waals surface area contributed by atoms with Crippen LogP contribution in [-0.2, 0) is 4.79 Å². The van der Waals surface area contributed by atoms with E-state index in [4.69, 9.17) is 5.11 Å². The first-order chi connectivity index (χ1) is 8.00. The maximum absolute atomic E-state index is 11.1. The Kier molecular flexibility index (Phi) is 3.90. The topological polar surface area (TPSA) is 57.5 Å². The van der Waals surface area contributed by atoms with Gasteiger partial charge in [-0.2, -0.15) is 0 Å². The van der Waals surface area contributed by atoms with Gasteiger partial charge < -0.3 is 10.2 Å². The van der Waals surface area contributed by atoms with Gasteiger partial charge in [-0.15, -0.1) is 11.3 Å². The highest BCUT2D eigenvalue weighted by Gasteiger charge is 2.38. The van der Waals surface area contributed by atoms with Gasteiger partial charge in [0.1, 0.15) is 0 Å². The number of rotatable bonds is 3. The third-order valence-corrected chi connectivity index (χ3v) is 5.67. The molecule has 3 atom stereocenters. The number of carboxylic acid groups (broad SMARTS) is 1. The molecule has 3 unspecified atom stereocenters. The van der Waals surface area contributed by atoms with E-state index in [2.05, 4.69) is 15.9 Å². The van der Waals surface area contributed by atoms with E-state index in [1.807, 2.05) is 13.0 Å². The molecule has 94 valence electrons. The van der Waals surface area contributed by atoms with Crippen LogP contribution in [0.4, 0.5) is 0 Å². The highest BCUT2D eigenvalue weighted by atomic mass is 79.9. The summed E-state index contributed by atoms with van der Waals surface area (Å²) in [7, 11) is 0. The Morgan fingerprint density at radius 1 is 1.59 bits per heavy atom. The molecule has 1 aromatic heterocycles. The average molecular weight is 319 g/mol. The normalized spacial score (nSPS) is 26.1. The molecule has 1 heterocycles. The molecule has 2 rings (SSSR count). The standard InChI is InChI=1S/C12H15BrO3S/c1-6-5-9(17-11(6)13)10(14)7-3-2-4-8(7)12(15)16/h5,7-8,10,14H,2-4H2,1H3,(H,15,16). The number of aliphatic hydroxyl groups is 1. The Morgan fingerprint density at radius 3 is 2.82 bits per heavy atom. The molecule has 1 aromatic rings. The third-order valence-electron chi connectivity index (χ3n) is 3.46. The van der Waals surface area contributed by atoms with E-state index >= 15 is 0 Å². The second-order valence-corrected chi connectivity index (χ2v) is 6.99. The number of aryl methyl sites for hydroxylation is 1. The number of hydrogen-bond acceptors (Lipinski definition) is 3. The second-order valence-electron chi connectivity index (χ2n) is 4.59. The molecule has 0 aliphatic heterocycles. The zero-order valence-corrected chi connectivity index (χ0v) is 11.9. The molecule has 0 saturated heterocycles. The minimum Gasteiger partial charge on any atom is -0.481 e. The smallest absolute Gasteiger partial charge is 0.306 e. The van der Waals surface area contributed by atoms with Crippen molar-refractivity contribution >= 4 is 33.2 Å². The molecule has 1 aliphatic carbocycles. The lowest BCUT2D eigenvalue weighted by Crippen LogP contribution is -2.23. The molecule has 0 aromatic carbocycles. The van der Waals surface area contributed by atoms with E-state index in [-0.39, 0.29) is 5.92 Å². The number of hydrogen-bond donors (Lipinski definition) is 2. The van der Waals surface area contributed by atoms with Gasteiger partial charge in [0.2, 0.25) is 0 Å². The fourth-order valence-corrected chi connectivity index (χ4v) is 4.15. The van der Waals surface area contributed by atoms with Gasteiger partial charge in [0.05, 0.1) is 15.8 Å². The van der Waals surface area contributed by atoms with Crippen molar-refractivity contribution in [3.05, 3.63) is 20.3 Å². The lowest BCUT2D eigenvalue weighted by Gasteiger charge is -2.21. The molecule has 3 nitrogen and oxygen atoms in total. The van der Waals surface area contributed by atoms with E-state index < -0.39 is 18.0 Å². The van der Waals surface area contributed by atoms with Gasteiger partial charge in [0.15, 0.2) is 0 Å². The summed E-state index contributed by atoms with van der Waals surface area (Å²) in [5, 5.41) is 19.4. The Hall–Kier alpha value is -0.390. The zero-order valence-electron chi connectivity index (χ0n) is 9.52. The van der Waals surface area contributed by atoms with Crippen LogP contribution >= 0.6 is 27.3 Å². The summed E-state index contributed by atoms with van der Waals surface area (Å²) in [6.45, 7) is 1.97. The van der Waals surface area contributed by atoms with Crippen molar-refractivity contribution in [1.29, 1.82) is 0 Å². The van der Waals surface area contributed by atoms with Gasteiger partial charge in [-0.3, -0.25) is 4.79 Å². The van der Waals surface area contributed by atoms with Gasteiger partial charge in [-0.05, 0) is 47.3 Å². The van der Waals surface area contributed by atoms with Crippen LogP contribution in [0.1, 0.15) is 35.8 Å². The highest BCUT2D eigenvalue weighted by Crippen LogP contribution is 2.43. The van der Waals surface area contributed by atoms with Crippen LogP contribution in [0.5, 0.6) is 0 Å². The largest absolute Gasteiger partial charge is 0.481 e. The summed E-state index contributed by atoms with van der Waals surface area (Å²) in [4.78, 5) is 12.0. The van der Waals surface area contributed by atoms with Crippen LogP contribution in [0.2, 0.25) is 0 Å². The monoisotopic (exact) mass is 318 g/mol. The predicted molar refractivity (Wildman–Crippen MR) is 70.2 cm³/mol. The maximum Gasteiger partial charge on any atom is 0.306 e. The molecule has 0 spiro atoms. The quantitative estimate of drug-likeness (QED) is 0.898. The predicted octanol–water partition coefficient (Wildman–Crippen LogP) is 3.35. The average Bonchev–Trinajstić information content (AvgIpc) is 2.85. The van der Waals surface area contributed by atoms with E-state index in [0.717, 1.165) is 27.1 Å². The van der Waals surface area contributed by atoms with Crippen LogP contribution in [-0.4, -0.2) is 16.2 Å². The number of thiophene rings is 1. The van der Waals surface area contributed by atoms with Crippen molar-refractivity contribution in [3.8, 4) is 0 Å². The molecule has 0 amide bonds. The van der Waals surface area contributed by atoms with Crippen molar-refractivity contribution in [2.45, 2.75) is 32.3 Å². The van der Waals surface area contributed by atoms with Crippen molar-refractivity contribution in [2.24, 2.45) is 11.8 Å². The van der Waals surface area contributed by atoms with E-state index in [0.29, 0.717) is 6.42 Å². The number of carbonyl (C=O) groups is 1. The first-order valence-corrected chi connectivity index (χ1v) is 7.28. The summed E-state index contributed by atoms with van der Waals surface area (Å²) >= 11 is 4.92. The zero-order chi connectivity index (χ0) is 12.6. The SMILES string of the molecule is Cc1cc(C(O)C2CCCC2C(=O)O)sc1Br.